The summed E-state index contributed by atoms with van der Waals surface area (Å²) in [5, 5.41) is 0.955. The van der Waals surface area contributed by atoms with E-state index in [1.807, 2.05) is 35.0 Å². The van der Waals surface area contributed by atoms with Crippen LogP contribution >= 0.6 is 0 Å². The highest BCUT2D eigenvalue weighted by molar-refractivity contribution is 6.11. The third-order valence-corrected chi connectivity index (χ3v) is 5.19. The summed E-state index contributed by atoms with van der Waals surface area (Å²) >= 11 is 0. The van der Waals surface area contributed by atoms with Crippen LogP contribution in [0.3, 0.4) is 0 Å². The van der Waals surface area contributed by atoms with Crippen LogP contribution in [0.15, 0.2) is 59.9 Å². The highest BCUT2D eigenvalue weighted by Gasteiger charge is 2.28. The molecule has 150 valence electrons. The predicted octanol–water partition coefficient (Wildman–Crippen LogP) is 1.74. The van der Waals surface area contributed by atoms with Gasteiger partial charge in [-0.2, -0.15) is 0 Å². The van der Waals surface area contributed by atoms with Crippen LogP contribution in [-0.4, -0.2) is 38.2 Å². The Morgan fingerprint density at radius 2 is 1.90 bits per heavy atom. The maximum Gasteiger partial charge on any atom is 0.267 e. The first-order valence-electron chi connectivity index (χ1n) is 9.36. The van der Waals surface area contributed by atoms with Gasteiger partial charge in [-0.25, -0.2) is 9.97 Å². The van der Waals surface area contributed by atoms with E-state index in [4.69, 9.17) is 10.5 Å². The highest BCUT2D eigenvalue weighted by atomic mass is 16.5. The summed E-state index contributed by atoms with van der Waals surface area (Å²) in [6, 6.07) is 11.1. The van der Waals surface area contributed by atoms with Crippen LogP contribution in [0.4, 0.5) is 11.5 Å². The Morgan fingerprint density at radius 3 is 2.73 bits per heavy atom. The van der Waals surface area contributed by atoms with E-state index in [9.17, 15) is 9.59 Å². The molecule has 1 aliphatic heterocycles. The molecule has 3 aromatic heterocycles. The maximum atomic E-state index is 13.1. The number of aryl methyl sites for hydroxylation is 1. The number of hydrogen-bond acceptors (Lipinski definition) is 6. The molecule has 1 aromatic carbocycles. The minimum absolute atomic E-state index is 0.0667. The number of nitrogens with zero attached hydrogens (tertiary/aromatic N) is 5. The zero-order chi connectivity index (χ0) is 20.8. The molecule has 0 unspecified atom stereocenters. The second-order valence-corrected chi connectivity index (χ2v) is 7.01. The minimum atomic E-state index is -0.294. The molecule has 1 aliphatic rings. The van der Waals surface area contributed by atoms with Gasteiger partial charge < -0.3 is 24.5 Å². The number of pyridine rings is 1. The zero-order valence-corrected chi connectivity index (χ0v) is 16.1. The topological polar surface area (TPSA) is 108 Å². The number of ether oxygens (including phenoxy) is 1. The number of nitrogen functional groups attached to an aromatic ring is 1. The molecule has 1 amide bonds. The van der Waals surface area contributed by atoms with Crippen LogP contribution in [0, 0.1) is 0 Å². The second-order valence-electron chi connectivity index (χ2n) is 7.01. The normalized spacial score (nSPS) is 13.8. The van der Waals surface area contributed by atoms with Gasteiger partial charge in [-0.05, 0) is 30.3 Å². The van der Waals surface area contributed by atoms with E-state index in [1.165, 1.54) is 17.0 Å². The lowest BCUT2D eigenvalue weighted by atomic mass is 10.2. The van der Waals surface area contributed by atoms with E-state index in [-0.39, 0.29) is 28.7 Å². The second kappa shape index (κ2) is 6.73. The van der Waals surface area contributed by atoms with E-state index >= 15 is 0 Å². The van der Waals surface area contributed by atoms with Gasteiger partial charge in [0.15, 0.2) is 0 Å². The summed E-state index contributed by atoms with van der Waals surface area (Å²) in [6.07, 6.45) is 5.00. The molecular weight excluding hydrogens is 384 g/mol. The van der Waals surface area contributed by atoms with Crippen molar-refractivity contribution in [1.82, 2.24) is 19.1 Å². The smallest absolute Gasteiger partial charge is 0.267 e. The van der Waals surface area contributed by atoms with E-state index in [1.54, 1.807) is 24.2 Å². The number of benzene rings is 1. The molecule has 9 nitrogen and oxygen atoms in total. The summed E-state index contributed by atoms with van der Waals surface area (Å²) in [4.78, 5) is 34.4. The molecule has 9 heteroatoms. The van der Waals surface area contributed by atoms with Gasteiger partial charge in [0.2, 0.25) is 11.4 Å². The Labute approximate surface area is 171 Å². The third-order valence-electron chi connectivity index (χ3n) is 5.19. The van der Waals surface area contributed by atoms with Crippen molar-refractivity contribution in [3.8, 4) is 11.6 Å². The molecular formula is C21H18N6O3. The first-order chi connectivity index (χ1) is 14.5. The Bertz CT molecular complexity index is 1360. The van der Waals surface area contributed by atoms with Crippen LogP contribution in [-0.2, 0) is 7.05 Å². The Hall–Kier alpha value is -4.14. The van der Waals surface area contributed by atoms with Gasteiger partial charge in [0.05, 0.1) is 17.7 Å². The molecule has 0 fully saturated rings. The number of anilines is 2. The third kappa shape index (κ3) is 2.79. The molecule has 0 saturated carbocycles. The lowest BCUT2D eigenvalue weighted by Crippen LogP contribution is -2.32. The first-order valence-corrected chi connectivity index (χ1v) is 9.36. The van der Waals surface area contributed by atoms with Crippen LogP contribution < -0.4 is 20.9 Å². The fourth-order valence-electron chi connectivity index (χ4n) is 3.65. The number of carbonyl (C=O) groups is 1. The van der Waals surface area contributed by atoms with Crippen molar-refractivity contribution in [2.75, 3.05) is 23.8 Å². The van der Waals surface area contributed by atoms with Crippen molar-refractivity contribution < 1.29 is 9.53 Å². The van der Waals surface area contributed by atoms with Gasteiger partial charge in [-0.1, -0.05) is 0 Å². The molecule has 0 radical (unpaired) electrons. The molecule has 0 saturated heterocycles. The van der Waals surface area contributed by atoms with Crippen molar-refractivity contribution in [3.63, 3.8) is 0 Å². The fraction of sp³-hybridized carbons (Fsp3) is 0.143. The van der Waals surface area contributed by atoms with E-state index in [0.717, 1.165) is 22.3 Å². The molecule has 0 spiro atoms. The number of fused-ring (bicyclic) bond motifs is 2. The quantitative estimate of drug-likeness (QED) is 0.547. The minimum Gasteiger partial charge on any atom is -0.475 e. The average molecular weight is 402 g/mol. The largest absolute Gasteiger partial charge is 0.475 e. The number of aromatic nitrogens is 4. The van der Waals surface area contributed by atoms with Gasteiger partial charge in [0, 0.05) is 36.6 Å². The SMILES string of the molecule is Cn1cc(-n2ccc3cc(N4CCOc5ncnc(N)c5C4=O)ccc32)ccc1=O. The summed E-state index contributed by atoms with van der Waals surface area (Å²) in [7, 11) is 1.72. The summed E-state index contributed by atoms with van der Waals surface area (Å²) in [6.45, 7) is 0.661. The van der Waals surface area contributed by atoms with Crippen LogP contribution in [0.1, 0.15) is 10.4 Å². The monoisotopic (exact) mass is 402 g/mol. The van der Waals surface area contributed by atoms with Gasteiger partial charge in [-0.15, -0.1) is 0 Å². The van der Waals surface area contributed by atoms with Gasteiger partial charge in [0.1, 0.15) is 24.3 Å². The van der Waals surface area contributed by atoms with Crippen molar-refractivity contribution in [1.29, 1.82) is 0 Å². The molecule has 5 rings (SSSR count). The summed E-state index contributed by atoms with van der Waals surface area (Å²) < 4.78 is 9.13. The number of rotatable bonds is 2. The van der Waals surface area contributed by atoms with E-state index in [2.05, 4.69) is 9.97 Å². The zero-order valence-electron chi connectivity index (χ0n) is 16.1. The standard InChI is InChI=1S/C21H18N6O3/c1-25-11-15(3-5-17(25)28)26-7-6-13-10-14(2-4-16(13)26)27-8-9-30-20-18(21(27)29)19(22)23-12-24-20/h2-7,10-12H,8-9H2,1H3,(H2,22,23,24). The lowest BCUT2D eigenvalue weighted by molar-refractivity contribution is 0.0990. The molecule has 2 N–H and O–H groups in total. The van der Waals surface area contributed by atoms with E-state index < -0.39 is 0 Å². The maximum absolute atomic E-state index is 13.1. The van der Waals surface area contributed by atoms with Crippen molar-refractivity contribution in [2.45, 2.75) is 0 Å². The molecule has 0 aliphatic carbocycles. The van der Waals surface area contributed by atoms with Gasteiger partial charge in [-0.3, -0.25) is 9.59 Å². The van der Waals surface area contributed by atoms with Crippen molar-refractivity contribution >= 4 is 28.3 Å². The fourth-order valence-corrected chi connectivity index (χ4v) is 3.65. The number of amides is 1. The summed E-state index contributed by atoms with van der Waals surface area (Å²) in [5.74, 6) is 0.00758. The lowest BCUT2D eigenvalue weighted by Gasteiger charge is -2.20. The first kappa shape index (κ1) is 17.9. The Morgan fingerprint density at radius 1 is 1.07 bits per heavy atom. The summed E-state index contributed by atoms with van der Waals surface area (Å²) in [5.41, 5.74) is 8.59. The molecule has 0 atom stereocenters. The van der Waals surface area contributed by atoms with Crippen LogP contribution in [0.25, 0.3) is 16.6 Å². The average Bonchev–Trinajstić information content (AvgIpc) is 3.08. The highest BCUT2D eigenvalue weighted by Crippen LogP contribution is 2.30. The van der Waals surface area contributed by atoms with Crippen molar-refractivity contribution in [3.05, 3.63) is 71.0 Å². The van der Waals surface area contributed by atoms with Gasteiger partial charge >= 0.3 is 0 Å². The Balaban J connectivity index is 1.56. The molecule has 4 heterocycles. The van der Waals surface area contributed by atoms with Crippen LogP contribution in [0.2, 0.25) is 0 Å². The number of carbonyl (C=O) groups excluding carboxylic acids is 1. The Kier molecular flexibility index (Phi) is 4.02. The number of hydrogen-bond donors (Lipinski definition) is 1. The van der Waals surface area contributed by atoms with Gasteiger partial charge in [0.25, 0.3) is 5.91 Å². The number of nitrogens with two attached hydrogens (primary N) is 1. The molecule has 0 bridgehead atoms. The van der Waals surface area contributed by atoms with Crippen LogP contribution in [0.5, 0.6) is 5.88 Å². The van der Waals surface area contributed by atoms with E-state index in [0.29, 0.717) is 13.2 Å². The van der Waals surface area contributed by atoms with Crippen molar-refractivity contribution in [2.24, 2.45) is 7.05 Å². The predicted molar refractivity (Wildman–Crippen MR) is 112 cm³/mol. The molecule has 30 heavy (non-hydrogen) atoms. The molecule has 4 aromatic rings.